The maximum absolute atomic E-state index is 8.79. The lowest BCUT2D eigenvalue weighted by Crippen LogP contribution is -2.12. The summed E-state index contributed by atoms with van der Waals surface area (Å²) < 4.78 is 0. The van der Waals surface area contributed by atoms with Gasteiger partial charge in [0.25, 0.3) is 0 Å². The number of benzene rings is 1. The predicted molar refractivity (Wildman–Crippen MR) is 75.4 cm³/mol. The molecule has 0 bridgehead atoms. The normalized spacial score (nSPS) is 9.74. The maximum Gasteiger partial charge on any atom is 0.153 e. The molecule has 0 amide bonds. The fourth-order valence-corrected chi connectivity index (χ4v) is 1.68. The van der Waals surface area contributed by atoms with E-state index in [0.29, 0.717) is 5.56 Å². The van der Waals surface area contributed by atoms with Crippen molar-refractivity contribution in [2.75, 3.05) is 23.8 Å². The lowest BCUT2D eigenvalue weighted by molar-refractivity contribution is 1.06. The highest BCUT2D eigenvalue weighted by Gasteiger charge is 2.06. The Kier molecular flexibility index (Phi) is 3.94. The molecule has 0 aliphatic heterocycles. The second-order valence-electron chi connectivity index (χ2n) is 4.01. The van der Waals surface area contributed by atoms with Crippen LogP contribution < -0.4 is 10.2 Å². The van der Waals surface area contributed by atoms with Crippen molar-refractivity contribution in [3.8, 4) is 6.07 Å². The smallest absolute Gasteiger partial charge is 0.153 e. The van der Waals surface area contributed by atoms with Gasteiger partial charge >= 0.3 is 0 Å². The van der Waals surface area contributed by atoms with Crippen molar-refractivity contribution < 1.29 is 0 Å². The van der Waals surface area contributed by atoms with Crippen LogP contribution in [0, 0.1) is 11.3 Å². The Hall–Kier alpha value is -2.61. The molecular formula is C14H15N5. The van der Waals surface area contributed by atoms with E-state index >= 15 is 0 Å². The third kappa shape index (κ3) is 2.99. The second-order valence-corrected chi connectivity index (χ2v) is 4.01. The first kappa shape index (κ1) is 12.8. The van der Waals surface area contributed by atoms with E-state index in [9.17, 15) is 0 Å². The molecule has 1 heterocycles. The van der Waals surface area contributed by atoms with Crippen LogP contribution in [-0.4, -0.2) is 23.6 Å². The first-order chi connectivity index (χ1) is 9.24. The molecule has 0 spiro atoms. The summed E-state index contributed by atoms with van der Waals surface area (Å²) in [5, 5.41) is 11.9. The second kappa shape index (κ2) is 5.83. The Labute approximate surface area is 112 Å². The van der Waals surface area contributed by atoms with Gasteiger partial charge in [-0.2, -0.15) is 5.26 Å². The van der Waals surface area contributed by atoms with Crippen LogP contribution >= 0.6 is 0 Å². The predicted octanol–water partition coefficient (Wildman–Crippen LogP) is 2.55. The van der Waals surface area contributed by atoms with Crippen molar-refractivity contribution in [3.05, 3.63) is 42.2 Å². The van der Waals surface area contributed by atoms with Gasteiger partial charge in [0, 0.05) is 19.3 Å². The summed E-state index contributed by atoms with van der Waals surface area (Å²) in [5.41, 5.74) is 1.60. The van der Waals surface area contributed by atoms with Gasteiger partial charge < -0.3 is 10.2 Å². The van der Waals surface area contributed by atoms with Crippen molar-refractivity contribution >= 4 is 17.3 Å². The maximum atomic E-state index is 8.79. The first-order valence-electron chi connectivity index (χ1n) is 6.04. The molecule has 19 heavy (non-hydrogen) atoms. The van der Waals surface area contributed by atoms with Gasteiger partial charge in [-0.05, 0) is 31.2 Å². The van der Waals surface area contributed by atoms with Gasteiger partial charge in [-0.1, -0.05) is 0 Å². The highest BCUT2D eigenvalue weighted by molar-refractivity contribution is 5.60. The molecule has 1 aromatic carbocycles. The minimum atomic E-state index is 0.643. The third-order valence-corrected chi connectivity index (χ3v) is 2.71. The molecule has 5 heteroatoms. The largest absolute Gasteiger partial charge is 0.369 e. The molecule has 1 aromatic heterocycles. The van der Waals surface area contributed by atoms with E-state index < -0.39 is 0 Å². The molecular weight excluding hydrogens is 238 g/mol. The van der Waals surface area contributed by atoms with E-state index in [2.05, 4.69) is 21.4 Å². The van der Waals surface area contributed by atoms with Crippen LogP contribution in [0.5, 0.6) is 0 Å². The Morgan fingerprint density at radius 2 is 2.00 bits per heavy atom. The van der Waals surface area contributed by atoms with E-state index in [1.54, 1.807) is 24.5 Å². The van der Waals surface area contributed by atoms with Gasteiger partial charge in [-0.15, -0.1) is 0 Å². The van der Waals surface area contributed by atoms with Crippen LogP contribution in [0.15, 0.2) is 36.7 Å². The molecule has 0 fully saturated rings. The van der Waals surface area contributed by atoms with Crippen molar-refractivity contribution in [2.24, 2.45) is 0 Å². The van der Waals surface area contributed by atoms with Crippen molar-refractivity contribution in [3.63, 3.8) is 0 Å². The number of rotatable bonds is 4. The highest BCUT2D eigenvalue weighted by Crippen LogP contribution is 2.22. The van der Waals surface area contributed by atoms with E-state index in [1.165, 1.54) is 0 Å². The Bertz CT molecular complexity index is 586. The monoisotopic (exact) mass is 253 g/mol. The standard InChI is InChI=1S/C14H15N5/c1-3-17-13-9-16-10-14(18-13)19(2)12-6-4-11(8-15)5-7-12/h4-7,9-10H,3H2,1-2H3,(H,17,18). The molecule has 0 atom stereocenters. The number of anilines is 3. The molecule has 1 N–H and O–H groups in total. The van der Waals surface area contributed by atoms with Gasteiger partial charge in [-0.3, -0.25) is 4.98 Å². The molecule has 2 aromatic rings. The van der Waals surface area contributed by atoms with E-state index in [0.717, 1.165) is 23.9 Å². The van der Waals surface area contributed by atoms with Crippen molar-refractivity contribution in [1.29, 1.82) is 5.26 Å². The molecule has 2 rings (SSSR count). The van der Waals surface area contributed by atoms with Gasteiger partial charge in [0.05, 0.1) is 24.0 Å². The zero-order valence-electron chi connectivity index (χ0n) is 11.0. The molecule has 5 nitrogen and oxygen atoms in total. The number of nitrogens with zero attached hydrogens (tertiary/aromatic N) is 4. The fourth-order valence-electron chi connectivity index (χ4n) is 1.68. The Balaban J connectivity index is 2.25. The summed E-state index contributed by atoms with van der Waals surface area (Å²) in [6.45, 7) is 2.82. The van der Waals surface area contributed by atoms with Gasteiger partial charge in [0.1, 0.15) is 5.82 Å². The van der Waals surface area contributed by atoms with Crippen LogP contribution in [-0.2, 0) is 0 Å². The molecule has 0 unspecified atom stereocenters. The molecule has 0 saturated heterocycles. The summed E-state index contributed by atoms with van der Waals surface area (Å²) >= 11 is 0. The Morgan fingerprint density at radius 1 is 1.26 bits per heavy atom. The number of nitrogens with one attached hydrogen (secondary N) is 1. The van der Waals surface area contributed by atoms with Crippen molar-refractivity contribution in [1.82, 2.24) is 9.97 Å². The quantitative estimate of drug-likeness (QED) is 0.907. The minimum Gasteiger partial charge on any atom is -0.369 e. The number of nitriles is 1. The molecule has 0 saturated carbocycles. The summed E-state index contributed by atoms with van der Waals surface area (Å²) in [6.07, 6.45) is 3.40. The zero-order chi connectivity index (χ0) is 13.7. The summed E-state index contributed by atoms with van der Waals surface area (Å²) in [7, 11) is 1.92. The highest BCUT2D eigenvalue weighted by atomic mass is 15.2. The van der Waals surface area contributed by atoms with Crippen LogP contribution in [0.1, 0.15) is 12.5 Å². The lowest BCUT2D eigenvalue weighted by atomic mass is 10.2. The average Bonchev–Trinajstić information content (AvgIpc) is 2.47. The average molecular weight is 253 g/mol. The van der Waals surface area contributed by atoms with Gasteiger partial charge in [0.2, 0.25) is 0 Å². The van der Waals surface area contributed by atoms with Crippen molar-refractivity contribution in [2.45, 2.75) is 6.92 Å². The van der Waals surface area contributed by atoms with Crippen LogP contribution in [0.3, 0.4) is 0 Å². The summed E-state index contributed by atoms with van der Waals surface area (Å²) in [6, 6.07) is 9.45. The summed E-state index contributed by atoms with van der Waals surface area (Å²) in [4.78, 5) is 10.6. The molecule has 0 aliphatic carbocycles. The fraction of sp³-hybridized carbons (Fsp3) is 0.214. The third-order valence-electron chi connectivity index (χ3n) is 2.71. The van der Waals surface area contributed by atoms with Gasteiger partial charge in [0.15, 0.2) is 5.82 Å². The van der Waals surface area contributed by atoms with E-state index in [-0.39, 0.29) is 0 Å². The lowest BCUT2D eigenvalue weighted by Gasteiger charge is -2.18. The van der Waals surface area contributed by atoms with Crippen LogP contribution in [0.2, 0.25) is 0 Å². The SMILES string of the molecule is CCNc1cncc(N(C)c2ccc(C#N)cc2)n1. The summed E-state index contributed by atoms with van der Waals surface area (Å²) in [5.74, 6) is 1.50. The molecule has 0 aliphatic rings. The van der Waals surface area contributed by atoms with Crippen LogP contribution in [0.25, 0.3) is 0 Å². The number of aromatic nitrogens is 2. The zero-order valence-corrected chi connectivity index (χ0v) is 11.0. The Morgan fingerprint density at radius 3 is 2.63 bits per heavy atom. The van der Waals surface area contributed by atoms with Crippen LogP contribution in [0.4, 0.5) is 17.3 Å². The number of hydrogen-bond acceptors (Lipinski definition) is 5. The first-order valence-corrected chi connectivity index (χ1v) is 6.04. The minimum absolute atomic E-state index is 0.643. The van der Waals surface area contributed by atoms with E-state index in [4.69, 9.17) is 5.26 Å². The number of hydrogen-bond donors (Lipinski definition) is 1. The topological polar surface area (TPSA) is 64.8 Å². The van der Waals surface area contributed by atoms with Gasteiger partial charge in [-0.25, -0.2) is 4.98 Å². The molecule has 0 radical (unpaired) electrons. The van der Waals surface area contributed by atoms with E-state index in [1.807, 2.05) is 31.0 Å². The molecule has 96 valence electrons.